The highest BCUT2D eigenvalue weighted by atomic mass is 32.2. The van der Waals surface area contributed by atoms with Gasteiger partial charge in [0, 0.05) is 41.8 Å². The Hall–Kier alpha value is -2.67. The van der Waals surface area contributed by atoms with Crippen LogP contribution in [0.2, 0.25) is 0 Å². The number of aromatic nitrogens is 3. The Balaban J connectivity index is 1.29. The standard InChI is InChI=1S/C22H24N4O2S/c1-16(15-29-18-7-3-2-4-8-18)22(27)26-13-10-17(11-14-26)21-24-20(25-28-21)19-9-5-6-12-23-19/h2-9,12,16-17H,10-11,13-15H2,1H3. The van der Waals surface area contributed by atoms with Crippen LogP contribution in [0.25, 0.3) is 11.5 Å². The van der Waals surface area contributed by atoms with E-state index in [1.165, 1.54) is 4.90 Å². The molecule has 0 spiro atoms. The topological polar surface area (TPSA) is 72.1 Å². The highest BCUT2D eigenvalue weighted by molar-refractivity contribution is 7.99. The fraction of sp³-hybridized carbons (Fsp3) is 0.364. The third-order valence-electron chi connectivity index (χ3n) is 5.16. The number of piperidine rings is 1. The van der Waals surface area contributed by atoms with Gasteiger partial charge in [-0.05, 0) is 37.1 Å². The van der Waals surface area contributed by atoms with E-state index in [1.807, 2.05) is 48.2 Å². The predicted octanol–water partition coefficient (Wildman–Crippen LogP) is 4.27. The van der Waals surface area contributed by atoms with Gasteiger partial charge in [-0.2, -0.15) is 4.98 Å². The molecule has 1 amide bonds. The van der Waals surface area contributed by atoms with E-state index in [0.717, 1.165) is 31.7 Å². The maximum absolute atomic E-state index is 12.8. The van der Waals surface area contributed by atoms with Crippen molar-refractivity contribution in [1.82, 2.24) is 20.0 Å². The van der Waals surface area contributed by atoms with Crippen molar-refractivity contribution in [3.8, 4) is 11.5 Å². The molecule has 0 radical (unpaired) electrons. The van der Waals surface area contributed by atoms with E-state index < -0.39 is 0 Å². The number of benzene rings is 1. The smallest absolute Gasteiger partial charge is 0.230 e. The molecule has 0 aliphatic carbocycles. The van der Waals surface area contributed by atoms with Gasteiger partial charge >= 0.3 is 0 Å². The van der Waals surface area contributed by atoms with Crippen molar-refractivity contribution in [2.45, 2.75) is 30.6 Å². The number of rotatable bonds is 6. The lowest BCUT2D eigenvalue weighted by atomic mass is 9.96. The molecule has 1 aliphatic heterocycles. The minimum absolute atomic E-state index is 0.00378. The summed E-state index contributed by atoms with van der Waals surface area (Å²) in [6.45, 7) is 3.47. The van der Waals surface area contributed by atoms with Gasteiger partial charge in [0.25, 0.3) is 0 Å². The molecule has 0 bridgehead atoms. The van der Waals surface area contributed by atoms with Gasteiger partial charge in [-0.15, -0.1) is 11.8 Å². The van der Waals surface area contributed by atoms with Crippen LogP contribution >= 0.6 is 11.8 Å². The molecule has 3 aromatic rings. The van der Waals surface area contributed by atoms with E-state index in [2.05, 4.69) is 27.3 Å². The fourth-order valence-electron chi connectivity index (χ4n) is 3.47. The Kier molecular flexibility index (Phi) is 6.24. The Bertz CT molecular complexity index is 924. The van der Waals surface area contributed by atoms with E-state index >= 15 is 0 Å². The van der Waals surface area contributed by atoms with Crippen LogP contribution in [0.3, 0.4) is 0 Å². The molecule has 2 aromatic heterocycles. The molecule has 1 saturated heterocycles. The minimum Gasteiger partial charge on any atom is -0.342 e. The molecule has 0 N–H and O–H groups in total. The summed E-state index contributed by atoms with van der Waals surface area (Å²) >= 11 is 1.73. The zero-order valence-corrected chi connectivity index (χ0v) is 17.2. The van der Waals surface area contributed by atoms with Gasteiger partial charge in [0.05, 0.1) is 0 Å². The molecule has 1 aromatic carbocycles. The lowest BCUT2D eigenvalue weighted by Crippen LogP contribution is -2.41. The Morgan fingerprint density at radius 2 is 1.93 bits per heavy atom. The van der Waals surface area contributed by atoms with Gasteiger partial charge in [0.2, 0.25) is 17.6 Å². The highest BCUT2D eigenvalue weighted by Gasteiger charge is 2.29. The molecule has 1 atom stereocenters. The van der Waals surface area contributed by atoms with Crippen molar-refractivity contribution >= 4 is 17.7 Å². The van der Waals surface area contributed by atoms with Gasteiger partial charge in [-0.1, -0.05) is 36.3 Å². The molecule has 4 rings (SSSR count). The number of amides is 1. The van der Waals surface area contributed by atoms with Crippen LogP contribution in [-0.2, 0) is 4.79 Å². The SMILES string of the molecule is CC(CSc1ccccc1)C(=O)N1CCC(c2nc(-c3ccccn3)no2)CC1. The molecule has 0 saturated carbocycles. The highest BCUT2D eigenvalue weighted by Crippen LogP contribution is 2.29. The van der Waals surface area contributed by atoms with Gasteiger partial charge < -0.3 is 9.42 Å². The number of carbonyl (C=O) groups is 1. The van der Waals surface area contributed by atoms with E-state index in [9.17, 15) is 4.79 Å². The summed E-state index contributed by atoms with van der Waals surface area (Å²) in [7, 11) is 0. The molecule has 1 aliphatic rings. The summed E-state index contributed by atoms with van der Waals surface area (Å²) in [4.78, 5) is 24.8. The molecular weight excluding hydrogens is 384 g/mol. The molecule has 1 unspecified atom stereocenters. The molecule has 29 heavy (non-hydrogen) atoms. The zero-order valence-electron chi connectivity index (χ0n) is 16.4. The maximum Gasteiger partial charge on any atom is 0.230 e. The van der Waals surface area contributed by atoms with Crippen LogP contribution < -0.4 is 0 Å². The van der Waals surface area contributed by atoms with Gasteiger partial charge in [-0.25, -0.2) is 0 Å². The number of thioether (sulfide) groups is 1. The number of carbonyl (C=O) groups excluding carboxylic acids is 1. The maximum atomic E-state index is 12.8. The van der Waals surface area contributed by atoms with E-state index in [0.29, 0.717) is 17.4 Å². The Morgan fingerprint density at radius 1 is 1.17 bits per heavy atom. The molecule has 1 fully saturated rings. The average Bonchev–Trinajstić information content (AvgIpc) is 3.29. The first-order valence-electron chi connectivity index (χ1n) is 9.92. The molecule has 7 heteroatoms. The largest absolute Gasteiger partial charge is 0.342 e. The summed E-state index contributed by atoms with van der Waals surface area (Å²) < 4.78 is 5.48. The van der Waals surface area contributed by atoms with E-state index in [1.54, 1.807) is 18.0 Å². The summed E-state index contributed by atoms with van der Waals surface area (Å²) in [6, 6.07) is 15.8. The second-order valence-corrected chi connectivity index (χ2v) is 8.39. The molecule has 150 valence electrons. The van der Waals surface area contributed by atoms with E-state index in [-0.39, 0.29) is 17.7 Å². The second-order valence-electron chi connectivity index (χ2n) is 7.30. The molecule has 6 nitrogen and oxygen atoms in total. The van der Waals surface area contributed by atoms with Crippen molar-refractivity contribution in [2.75, 3.05) is 18.8 Å². The van der Waals surface area contributed by atoms with Gasteiger partial charge in [0.15, 0.2) is 0 Å². The lowest BCUT2D eigenvalue weighted by Gasteiger charge is -2.32. The number of hydrogen-bond donors (Lipinski definition) is 0. The number of nitrogens with zero attached hydrogens (tertiary/aromatic N) is 4. The van der Waals surface area contributed by atoms with Crippen LogP contribution in [-0.4, -0.2) is 44.8 Å². The average molecular weight is 409 g/mol. The van der Waals surface area contributed by atoms with Crippen molar-refractivity contribution < 1.29 is 9.32 Å². The van der Waals surface area contributed by atoms with Crippen molar-refractivity contribution in [3.05, 3.63) is 60.6 Å². The van der Waals surface area contributed by atoms with Crippen LogP contribution in [0, 0.1) is 5.92 Å². The Labute approximate surface area is 174 Å². The lowest BCUT2D eigenvalue weighted by molar-refractivity contribution is -0.135. The monoisotopic (exact) mass is 408 g/mol. The normalized spacial score (nSPS) is 16.0. The van der Waals surface area contributed by atoms with Crippen LogP contribution in [0.5, 0.6) is 0 Å². The fourth-order valence-corrected chi connectivity index (χ4v) is 4.40. The first kappa shape index (κ1) is 19.6. The number of pyridine rings is 1. The summed E-state index contributed by atoms with van der Waals surface area (Å²) in [6.07, 6.45) is 3.40. The van der Waals surface area contributed by atoms with Crippen molar-refractivity contribution in [2.24, 2.45) is 5.92 Å². The first-order chi connectivity index (χ1) is 14.2. The van der Waals surface area contributed by atoms with Crippen molar-refractivity contribution in [1.29, 1.82) is 0 Å². The summed E-state index contributed by atoms with van der Waals surface area (Å²) in [5.41, 5.74) is 0.708. The number of hydrogen-bond acceptors (Lipinski definition) is 6. The Morgan fingerprint density at radius 3 is 2.66 bits per heavy atom. The number of likely N-dealkylation sites (tertiary alicyclic amines) is 1. The third-order valence-corrected chi connectivity index (χ3v) is 6.43. The van der Waals surface area contributed by atoms with Crippen molar-refractivity contribution in [3.63, 3.8) is 0 Å². The second kappa shape index (κ2) is 9.22. The summed E-state index contributed by atoms with van der Waals surface area (Å²) in [5, 5.41) is 4.07. The first-order valence-corrected chi connectivity index (χ1v) is 10.9. The third kappa shape index (κ3) is 4.85. The quantitative estimate of drug-likeness (QED) is 0.567. The predicted molar refractivity (Wildman–Crippen MR) is 112 cm³/mol. The van der Waals surface area contributed by atoms with Crippen LogP contribution in [0.1, 0.15) is 31.6 Å². The van der Waals surface area contributed by atoms with Gasteiger partial charge in [-0.3, -0.25) is 9.78 Å². The minimum atomic E-state index is -0.00378. The molecule has 3 heterocycles. The summed E-state index contributed by atoms with van der Waals surface area (Å²) in [5.74, 6) is 2.37. The van der Waals surface area contributed by atoms with Crippen LogP contribution in [0.4, 0.5) is 0 Å². The molecular formula is C22H24N4O2S. The zero-order chi connectivity index (χ0) is 20.1. The van der Waals surface area contributed by atoms with E-state index in [4.69, 9.17) is 4.52 Å². The van der Waals surface area contributed by atoms with Crippen LogP contribution in [0.15, 0.2) is 64.1 Å². The van der Waals surface area contributed by atoms with Gasteiger partial charge in [0.1, 0.15) is 5.69 Å².